The third kappa shape index (κ3) is 2.91. The molecule has 0 spiro atoms. The van der Waals surface area contributed by atoms with E-state index in [1.807, 2.05) is 18.2 Å². The summed E-state index contributed by atoms with van der Waals surface area (Å²) in [5, 5.41) is 21.6. The third-order valence-electron chi connectivity index (χ3n) is 3.10. The molecule has 4 heteroatoms. The Morgan fingerprint density at radius 1 is 1.20 bits per heavy atom. The predicted octanol–water partition coefficient (Wildman–Crippen LogP) is 2.39. The van der Waals surface area contributed by atoms with Crippen molar-refractivity contribution >= 4 is 16.7 Å². The van der Waals surface area contributed by atoms with Crippen molar-refractivity contribution < 1.29 is 15.0 Å². The van der Waals surface area contributed by atoms with E-state index in [2.05, 4.69) is 0 Å². The number of rotatable bonds is 3. The SMILES string of the molecule is CN(CC(C)(C)O)C(=O)c1ccc2ccccc2c1O. The number of carbonyl (C=O) groups is 1. The number of fused-ring (bicyclic) bond motifs is 1. The van der Waals surface area contributed by atoms with Crippen molar-refractivity contribution in [3.63, 3.8) is 0 Å². The minimum absolute atomic E-state index is 0.0179. The fraction of sp³-hybridized carbons (Fsp3) is 0.312. The molecule has 0 aromatic heterocycles. The zero-order valence-corrected chi connectivity index (χ0v) is 11.9. The molecule has 0 atom stereocenters. The van der Waals surface area contributed by atoms with Crippen LogP contribution in [0, 0.1) is 0 Å². The van der Waals surface area contributed by atoms with Gasteiger partial charge >= 0.3 is 0 Å². The molecule has 0 aliphatic carbocycles. The van der Waals surface area contributed by atoms with Crippen LogP contribution in [0.3, 0.4) is 0 Å². The molecule has 20 heavy (non-hydrogen) atoms. The molecule has 0 heterocycles. The summed E-state index contributed by atoms with van der Waals surface area (Å²) >= 11 is 0. The number of carbonyl (C=O) groups excluding carboxylic acids is 1. The van der Waals surface area contributed by atoms with Gasteiger partial charge in [-0.05, 0) is 25.3 Å². The molecule has 0 fully saturated rings. The van der Waals surface area contributed by atoms with Gasteiger partial charge in [0.25, 0.3) is 5.91 Å². The number of aliphatic hydroxyl groups is 1. The number of hydrogen-bond acceptors (Lipinski definition) is 3. The Kier molecular flexibility index (Phi) is 3.68. The quantitative estimate of drug-likeness (QED) is 0.902. The fourth-order valence-corrected chi connectivity index (χ4v) is 2.29. The van der Waals surface area contributed by atoms with E-state index in [9.17, 15) is 15.0 Å². The number of hydrogen-bond donors (Lipinski definition) is 2. The van der Waals surface area contributed by atoms with Gasteiger partial charge in [-0.2, -0.15) is 0 Å². The van der Waals surface area contributed by atoms with E-state index < -0.39 is 5.60 Å². The largest absolute Gasteiger partial charge is 0.506 e. The molecule has 2 N–H and O–H groups in total. The average Bonchev–Trinajstić information content (AvgIpc) is 2.37. The van der Waals surface area contributed by atoms with Gasteiger partial charge < -0.3 is 15.1 Å². The molecule has 2 aromatic rings. The predicted molar refractivity (Wildman–Crippen MR) is 78.9 cm³/mol. The Hall–Kier alpha value is -2.07. The van der Waals surface area contributed by atoms with E-state index in [0.717, 1.165) is 5.39 Å². The summed E-state index contributed by atoms with van der Waals surface area (Å²) in [4.78, 5) is 13.7. The zero-order valence-electron chi connectivity index (χ0n) is 11.9. The Morgan fingerprint density at radius 2 is 1.85 bits per heavy atom. The summed E-state index contributed by atoms with van der Waals surface area (Å²) in [5.74, 6) is -0.328. The molecule has 0 aliphatic heterocycles. The first-order valence-corrected chi connectivity index (χ1v) is 6.48. The molecule has 0 unspecified atom stereocenters. The van der Waals surface area contributed by atoms with Gasteiger partial charge in [0, 0.05) is 19.0 Å². The highest BCUT2D eigenvalue weighted by molar-refractivity contribution is 6.03. The third-order valence-corrected chi connectivity index (χ3v) is 3.10. The van der Waals surface area contributed by atoms with Gasteiger partial charge in [0.1, 0.15) is 5.75 Å². The molecule has 0 aliphatic rings. The van der Waals surface area contributed by atoms with Crippen LogP contribution in [0.4, 0.5) is 0 Å². The van der Waals surface area contributed by atoms with Gasteiger partial charge in [0.05, 0.1) is 11.2 Å². The van der Waals surface area contributed by atoms with Crippen LogP contribution in [0.1, 0.15) is 24.2 Å². The van der Waals surface area contributed by atoms with Crippen molar-refractivity contribution in [1.29, 1.82) is 0 Å². The van der Waals surface area contributed by atoms with E-state index in [1.54, 1.807) is 39.1 Å². The van der Waals surface area contributed by atoms with E-state index >= 15 is 0 Å². The Morgan fingerprint density at radius 3 is 2.50 bits per heavy atom. The molecule has 0 saturated heterocycles. The van der Waals surface area contributed by atoms with Crippen LogP contribution in [-0.4, -0.2) is 40.2 Å². The summed E-state index contributed by atoms with van der Waals surface area (Å²) in [5.41, 5.74) is -0.730. The molecule has 2 aromatic carbocycles. The number of likely N-dealkylation sites (N-methyl/N-ethyl adjacent to an activating group) is 1. The minimum Gasteiger partial charge on any atom is -0.506 e. The Balaban J connectivity index is 2.38. The van der Waals surface area contributed by atoms with Gasteiger partial charge in [0.2, 0.25) is 0 Å². The lowest BCUT2D eigenvalue weighted by atomic mass is 10.0. The number of aromatic hydroxyl groups is 1. The van der Waals surface area contributed by atoms with Crippen molar-refractivity contribution in [3.8, 4) is 5.75 Å². The maximum atomic E-state index is 12.3. The molecule has 0 saturated carbocycles. The Labute approximate surface area is 118 Å². The van der Waals surface area contributed by atoms with Crippen molar-refractivity contribution in [2.75, 3.05) is 13.6 Å². The van der Waals surface area contributed by atoms with Gasteiger partial charge in [0.15, 0.2) is 0 Å². The maximum Gasteiger partial charge on any atom is 0.257 e. The monoisotopic (exact) mass is 273 g/mol. The first-order chi connectivity index (χ1) is 9.29. The summed E-state index contributed by atoms with van der Waals surface area (Å²) in [7, 11) is 1.61. The molecule has 2 rings (SSSR count). The highest BCUT2D eigenvalue weighted by Gasteiger charge is 2.22. The standard InChI is InChI=1S/C16H19NO3/c1-16(2,20)10-17(3)15(19)13-9-8-11-6-4-5-7-12(11)14(13)18/h4-9,18,20H,10H2,1-3H3. The number of nitrogens with zero attached hydrogens (tertiary/aromatic N) is 1. The van der Waals surface area contributed by atoms with Gasteiger partial charge in [-0.1, -0.05) is 30.3 Å². The first kappa shape index (κ1) is 14.3. The van der Waals surface area contributed by atoms with Crippen LogP contribution in [0.15, 0.2) is 36.4 Å². The number of phenolic OH excluding ortho intramolecular Hbond substituents is 1. The fourth-order valence-electron chi connectivity index (χ4n) is 2.29. The highest BCUT2D eigenvalue weighted by atomic mass is 16.3. The molecule has 0 bridgehead atoms. The second-order valence-corrected chi connectivity index (χ2v) is 5.66. The van der Waals surface area contributed by atoms with E-state index in [-0.39, 0.29) is 23.8 Å². The van der Waals surface area contributed by atoms with Crippen LogP contribution >= 0.6 is 0 Å². The average molecular weight is 273 g/mol. The first-order valence-electron chi connectivity index (χ1n) is 6.48. The summed E-state index contributed by atoms with van der Waals surface area (Å²) in [6.45, 7) is 3.46. The normalized spacial score (nSPS) is 11.6. The molecule has 106 valence electrons. The minimum atomic E-state index is -0.975. The lowest BCUT2D eigenvalue weighted by Crippen LogP contribution is -2.39. The summed E-state index contributed by atoms with van der Waals surface area (Å²) in [6, 6.07) is 10.8. The van der Waals surface area contributed by atoms with Crippen LogP contribution < -0.4 is 0 Å². The molecular formula is C16H19NO3. The number of benzene rings is 2. The topological polar surface area (TPSA) is 60.8 Å². The molecule has 0 radical (unpaired) electrons. The van der Waals surface area contributed by atoms with Crippen LogP contribution in [0.5, 0.6) is 5.75 Å². The Bertz CT molecular complexity index is 644. The second-order valence-electron chi connectivity index (χ2n) is 5.66. The smallest absolute Gasteiger partial charge is 0.257 e. The van der Waals surface area contributed by atoms with Crippen molar-refractivity contribution in [1.82, 2.24) is 4.90 Å². The maximum absolute atomic E-state index is 12.3. The highest BCUT2D eigenvalue weighted by Crippen LogP contribution is 2.29. The summed E-state index contributed by atoms with van der Waals surface area (Å²) in [6.07, 6.45) is 0. The van der Waals surface area contributed by atoms with E-state index in [4.69, 9.17) is 0 Å². The van der Waals surface area contributed by atoms with Crippen LogP contribution in [-0.2, 0) is 0 Å². The van der Waals surface area contributed by atoms with Crippen LogP contribution in [0.2, 0.25) is 0 Å². The number of phenols is 1. The molecular weight excluding hydrogens is 254 g/mol. The second kappa shape index (κ2) is 5.13. The van der Waals surface area contributed by atoms with Gasteiger partial charge in [-0.25, -0.2) is 0 Å². The lowest BCUT2D eigenvalue weighted by Gasteiger charge is -2.26. The van der Waals surface area contributed by atoms with E-state index in [0.29, 0.717) is 5.39 Å². The molecule has 4 nitrogen and oxygen atoms in total. The summed E-state index contributed by atoms with van der Waals surface area (Å²) < 4.78 is 0. The molecule has 1 amide bonds. The van der Waals surface area contributed by atoms with Crippen LogP contribution in [0.25, 0.3) is 10.8 Å². The van der Waals surface area contributed by atoms with Crippen molar-refractivity contribution in [2.45, 2.75) is 19.4 Å². The van der Waals surface area contributed by atoms with Gasteiger partial charge in [-0.15, -0.1) is 0 Å². The number of amides is 1. The van der Waals surface area contributed by atoms with Gasteiger partial charge in [-0.3, -0.25) is 4.79 Å². The lowest BCUT2D eigenvalue weighted by molar-refractivity contribution is 0.0366. The zero-order chi connectivity index (χ0) is 14.9. The van der Waals surface area contributed by atoms with Crippen molar-refractivity contribution in [2.24, 2.45) is 0 Å². The van der Waals surface area contributed by atoms with Crippen molar-refractivity contribution in [3.05, 3.63) is 42.0 Å². The van der Waals surface area contributed by atoms with E-state index in [1.165, 1.54) is 4.90 Å².